The molecule has 19 heavy (non-hydrogen) atoms. The smallest absolute Gasteiger partial charge is 0.234 e. The number of hydrogen-bond donors (Lipinski definition) is 1. The first-order valence-corrected chi connectivity index (χ1v) is 7.09. The molecule has 1 amide bonds. The lowest BCUT2D eigenvalue weighted by molar-refractivity contribution is -0.123. The van der Waals surface area contributed by atoms with Crippen molar-refractivity contribution in [2.24, 2.45) is 5.73 Å². The molecule has 2 rings (SSSR count). The molecule has 1 aliphatic rings. The Morgan fingerprint density at radius 1 is 1.32 bits per heavy atom. The van der Waals surface area contributed by atoms with Gasteiger partial charge in [0.25, 0.3) is 0 Å². The van der Waals surface area contributed by atoms with Gasteiger partial charge in [-0.15, -0.1) is 0 Å². The number of nitrogens with two attached hydrogens (primary N) is 1. The van der Waals surface area contributed by atoms with Gasteiger partial charge in [-0.3, -0.25) is 9.69 Å². The molecule has 1 aromatic carbocycles. The summed E-state index contributed by atoms with van der Waals surface area (Å²) in [6.45, 7) is 8.16. The van der Waals surface area contributed by atoms with Crippen LogP contribution in [0, 0.1) is 13.8 Å². The van der Waals surface area contributed by atoms with E-state index in [1.807, 2.05) is 6.92 Å². The molecule has 3 nitrogen and oxygen atoms in total. The van der Waals surface area contributed by atoms with Crippen LogP contribution in [0.15, 0.2) is 18.2 Å². The molecule has 1 unspecified atom stereocenters. The van der Waals surface area contributed by atoms with E-state index in [1.165, 1.54) is 16.7 Å². The van der Waals surface area contributed by atoms with E-state index >= 15 is 0 Å². The van der Waals surface area contributed by atoms with Crippen LogP contribution in [0.3, 0.4) is 0 Å². The minimum absolute atomic E-state index is 0.139. The molecule has 0 aliphatic carbocycles. The summed E-state index contributed by atoms with van der Waals surface area (Å²) >= 11 is 0. The molecule has 1 aliphatic heterocycles. The van der Waals surface area contributed by atoms with Crippen LogP contribution in [-0.4, -0.2) is 29.9 Å². The topological polar surface area (TPSA) is 46.3 Å². The van der Waals surface area contributed by atoms with Crippen LogP contribution in [0.1, 0.15) is 42.4 Å². The molecule has 0 saturated carbocycles. The number of benzene rings is 1. The van der Waals surface area contributed by atoms with Crippen LogP contribution >= 0.6 is 0 Å². The number of carbonyl (C=O) groups excluding carboxylic acids is 1. The highest BCUT2D eigenvalue weighted by molar-refractivity contribution is 5.79. The molecule has 104 valence electrons. The number of hydrogen-bond acceptors (Lipinski definition) is 2. The minimum Gasteiger partial charge on any atom is -0.368 e. The molecule has 0 radical (unpaired) electrons. The second kappa shape index (κ2) is 5.74. The second-order valence-corrected chi connectivity index (χ2v) is 5.75. The Bertz CT molecular complexity index is 462. The number of piperidine rings is 1. The molecule has 1 heterocycles. The van der Waals surface area contributed by atoms with E-state index in [9.17, 15) is 4.79 Å². The van der Waals surface area contributed by atoms with Crippen molar-refractivity contribution in [1.29, 1.82) is 0 Å². The highest BCUT2D eigenvalue weighted by Gasteiger charge is 2.26. The van der Waals surface area contributed by atoms with Gasteiger partial charge >= 0.3 is 0 Å². The molecule has 1 aromatic rings. The highest BCUT2D eigenvalue weighted by Crippen LogP contribution is 2.31. The van der Waals surface area contributed by atoms with Crippen molar-refractivity contribution in [2.45, 2.75) is 45.6 Å². The van der Waals surface area contributed by atoms with Gasteiger partial charge < -0.3 is 5.73 Å². The van der Waals surface area contributed by atoms with Gasteiger partial charge in [-0.25, -0.2) is 0 Å². The van der Waals surface area contributed by atoms with E-state index in [2.05, 4.69) is 36.9 Å². The van der Waals surface area contributed by atoms with Crippen molar-refractivity contribution >= 4 is 5.91 Å². The Kier molecular flexibility index (Phi) is 4.25. The molecule has 1 fully saturated rings. The van der Waals surface area contributed by atoms with Gasteiger partial charge in [0.15, 0.2) is 0 Å². The summed E-state index contributed by atoms with van der Waals surface area (Å²) in [5.41, 5.74) is 9.56. The molecule has 1 saturated heterocycles. The highest BCUT2D eigenvalue weighted by atomic mass is 16.1. The van der Waals surface area contributed by atoms with Gasteiger partial charge in [-0.2, -0.15) is 0 Å². The Labute approximate surface area is 115 Å². The van der Waals surface area contributed by atoms with E-state index in [0.29, 0.717) is 5.92 Å². The van der Waals surface area contributed by atoms with E-state index < -0.39 is 0 Å². The van der Waals surface area contributed by atoms with Crippen molar-refractivity contribution in [2.75, 3.05) is 13.1 Å². The van der Waals surface area contributed by atoms with Crippen molar-refractivity contribution in [3.63, 3.8) is 0 Å². The van der Waals surface area contributed by atoms with Crippen LogP contribution in [0.2, 0.25) is 0 Å². The lowest BCUT2D eigenvalue weighted by Crippen LogP contribution is -2.46. The molecule has 1 atom stereocenters. The SMILES string of the molecule is Cc1ccc(C)c(C2CCN(C(C)C(N)=O)CC2)c1. The second-order valence-electron chi connectivity index (χ2n) is 5.75. The molecule has 0 aromatic heterocycles. The number of likely N-dealkylation sites (tertiary alicyclic amines) is 1. The number of primary amides is 1. The number of aryl methyl sites for hydroxylation is 2. The third-order valence-corrected chi connectivity index (χ3v) is 4.36. The molecule has 2 N–H and O–H groups in total. The van der Waals surface area contributed by atoms with Gasteiger partial charge in [0.1, 0.15) is 0 Å². The van der Waals surface area contributed by atoms with E-state index in [0.717, 1.165) is 25.9 Å². The zero-order valence-corrected chi connectivity index (χ0v) is 12.1. The first-order chi connectivity index (χ1) is 8.99. The van der Waals surface area contributed by atoms with Crippen LogP contribution in [-0.2, 0) is 4.79 Å². The lowest BCUT2D eigenvalue weighted by atomic mass is 9.85. The molecular weight excluding hydrogens is 236 g/mol. The summed E-state index contributed by atoms with van der Waals surface area (Å²) in [5.74, 6) is 0.404. The summed E-state index contributed by atoms with van der Waals surface area (Å²) in [6.07, 6.45) is 2.23. The van der Waals surface area contributed by atoms with Crippen LogP contribution < -0.4 is 5.73 Å². The number of nitrogens with zero attached hydrogens (tertiary/aromatic N) is 1. The summed E-state index contributed by atoms with van der Waals surface area (Å²) in [7, 11) is 0. The zero-order valence-electron chi connectivity index (χ0n) is 12.1. The van der Waals surface area contributed by atoms with Crippen molar-refractivity contribution in [3.8, 4) is 0 Å². The molecule has 3 heteroatoms. The predicted molar refractivity (Wildman–Crippen MR) is 78.1 cm³/mol. The number of rotatable bonds is 3. The average Bonchev–Trinajstić information content (AvgIpc) is 2.41. The standard InChI is InChI=1S/C16H24N2O/c1-11-4-5-12(2)15(10-11)14-6-8-18(9-7-14)13(3)16(17)19/h4-5,10,13-14H,6-9H2,1-3H3,(H2,17,19). The maximum Gasteiger partial charge on any atom is 0.234 e. The Morgan fingerprint density at radius 3 is 2.53 bits per heavy atom. The minimum atomic E-state index is -0.217. The summed E-state index contributed by atoms with van der Waals surface area (Å²) in [5, 5.41) is 0. The summed E-state index contributed by atoms with van der Waals surface area (Å²) in [4.78, 5) is 13.4. The van der Waals surface area contributed by atoms with Gasteiger partial charge in [0.2, 0.25) is 5.91 Å². The molecule has 0 spiro atoms. The summed E-state index contributed by atoms with van der Waals surface area (Å²) < 4.78 is 0. The zero-order chi connectivity index (χ0) is 14.0. The van der Waals surface area contributed by atoms with Crippen LogP contribution in [0.5, 0.6) is 0 Å². The maximum absolute atomic E-state index is 11.2. The Balaban J connectivity index is 2.04. The largest absolute Gasteiger partial charge is 0.368 e. The monoisotopic (exact) mass is 260 g/mol. The van der Waals surface area contributed by atoms with Gasteiger partial charge in [-0.05, 0) is 63.7 Å². The summed E-state index contributed by atoms with van der Waals surface area (Å²) in [6, 6.07) is 6.55. The molecular formula is C16H24N2O. The lowest BCUT2D eigenvalue weighted by Gasteiger charge is -2.35. The average molecular weight is 260 g/mol. The first kappa shape index (κ1) is 14.1. The third-order valence-electron chi connectivity index (χ3n) is 4.36. The predicted octanol–water partition coefficient (Wildman–Crippen LogP) is 2.36. The fraction of sp³-hybridized carbons (Fsp3) is 0.562. The maximum atomic E-state index is 11.2. The van der Waals surface area contributed by atoms with Crippen molar-refractivity contribution in [1.82, 2.24) is 4.90 Å². The Morgan fingerprint density at radius 2 is 1.95 bits per heavy atom. The fourth-order valence-electron chi connectivity index (χ4n) is 2.98. The van der Waals surface area contributed by atoms with Gasteiger partial charge in [-0.1, -0.05) is 23.8 Å². The number of carbonyl (C=O) groups is 1. The van der Waals surface area contributed by atoms with Crippen LogP contribution in [0.25, 0.3) is 0 Å². The van der Waals surface area contributed by atoms with E-state index in [1.54, 1.807) is 0 Å². The van der Waals surface area contributed by atoms with Crippen molar-refractivity contribution < 1.29 is 4.79 Å². The fourth-order valence-corrected chi connectivity index (χ4v) is 2.98. The van der Waals surface area contributed by atoms with Crippen LogP contribution in [0.4, 0.5) is 0 Å². The van der Waals surface area contributed by atoms with E-state index in [4.69, 9.17) is 5.73 Å². The van der Waals surface area contributed by atoms with E-state index in [-0.39, 0.29) is 11.9 Å². The number of amides is 1. The third kappa shape index (κ3) is 3.16. The van der Waals surface area contributed by atoms with Gasteiger partial charge in [0, 0.05) is 0 Å². The van der Waals surface area contributed by atoms with Gasteiger partial charge in [0.05, 0.1) is 6.04 Å². The Hall–Kier alpha value is -1.35. The molecule has 0 bridgehead atoms. The van der Waals surface area contributed by atoms with Crippen molar-refractivity contribution in [3.05, 3.63) is 34.9 Å². The quantitative estimate of drug-likeness (QED) is 0.907. The first-order valence-electron chi connectivity index (χ1n) is 7.09. The normalized spacial score (nSPS) is 19.3.